The summed E-state index contributed by atoms with van der Waals surface area (Å²) in [4.78, 5) is 0. The summed E-state index contributed by atoms with van der Waals surface area (Å²) in [5.41, 5.74) is 0. The lowest BCUT2D eigenvalue weighted by molar-refractivity contribution is 0.905. The molecule has 5 heteroatoms. The van der Waals surface area contributed by atoms with Crippen molar-refractivity contribution in [1.82, 2.24) is 0 Å². The molecule has 2 unspecified atom stereocenters. The van der Waals surface area contributed by atoms with Crippen molar-refractivity contribution < 1.29 is 0 Å². The second-order valence-corrected chi connectivity index (χ2v) is 10.2. The van der Waals surface area contributed by atoms with Crippen LogP contribution in [0.25, 0.3) is 0 Å². The highest BCUT2D eigenvalue weighted by Crippen LogP contribution is 2.41. The van der Waals surface area contributed by atoms with Crippen molar-refractivity contribution in [3.63, 3.8) is 0 Å². The van der Waals surface area contributed by atoms with E-state index in [1.807, 2.05) is 10.8 Å². The molecule has 0 saturated carbocycles. The Hall–Kier alpha value is 1.75. The van der Waals surface area contributed by atoms with Gasteiger partial charge in [-0.15, -0.1) is 0 Å². The number of thioether (sulfide) groups is 3. The summed E-state index contributed by atoms with van der Waals surface area (Å²) in [5, 5.41) is 2.00. The molecular formula is C10H18S5. The maximum atomic E-state index is 2.17. The third kappa shape index (κ3) is 6.29. The molecule has 2 aliphatic heterocycles. The standard InChI is InChI=1S/C10H18S5/c1(3-11-5-9-7-13-9)2-4-12-6-10-8-14-15-10/h9-10H,1-8H2. The first kappa shape index (κ1) is 13.2. The number of rotatable bonds is 9. The van der Waals surface area contributed by atoms with Crippen LogP contribution in [0.3, 0.4) is 0 Å². The maximum absolute atomic E-state index is 2.17. The zero-order valence-corrected chi connectivity index (χ0v) is 12.9. The molecule has 0 nitrogen and oxygen atoms in total. The topological polar surface area (TPSA) is 0 Å². The molecule has 2 atom stereocenters. The summed E-state index contributed by atoms with van der Waals surface area (Å²) in [5.74, 6) is 8.41. The van der Waals surface area contributed by atoms with Gasteiger partial charge in [-0.05, 0) is 24.3 Å². The first-order valence-electron chi connectivity index (χ1n) is 5.50. The summed E-state index contributed by atoms with van der Waals surface area (Å²) >= 11 is 6.46. The van der Waals surface area contributed by atoms with Crippen LogP contribution in [0, 0.1) is 0 Å². The minimum absolute atomic E-state index is 0.973. The lowest BCUT2D eigenvalue weighted by Crippen LogP contribution is -2.15. The monoisotopic (exact) mass is 298 g/mol. The van der Waals surface area contributed by atoms with Crippen molar-refractivity contribution >= 4 is 56.9 Å². The molecule has 0 aromatic rings. The van der Waals surface area contributed by atoms with Crippen LogP contribution < -0.4 is 0 Å². The average Bonchev–Trinajstić information content (AvgIpc) is 2.96. The van der Waals surface area contributed by atoms with Gasteiger partial charge in [0.2, 0.25) is 0 Å². The summed E-state index contributed by atoms with van der Waals surface area (Å²) in [6.07, 6.45) is 2.86. The fraction of sp³-hybridized carbons (Fsp3) is 1.00. The molecule has 2 fully saturated rings. The van der Waals surface area contributed by atoms with E-state index in [9.17, 15) is 0 Å². The Bertz CT molecular complexity index is 167. The lowest BCUT2D eigenvalue weighted by atomic mass is 10.4. The summed E-state index contributed by atoms with van der Waals surface area (Å²) in [7, 11) is 4.10. The smallest absolute Gasteiger partial charge is 0.0340 e. The Kier molecular flexibility index (Phi) is 7.00. The van der Waals surface area contributed by atoms with Gasteiger partial charge < -0.3 is 0 Å². The van der Waals surface area contributed by atoms with Gasteiger partial charge in [-0.3, -0.25) is 0 Å². The molecule has 15 heavy (non-hydrogen) atoms. The van der Waals surface area contributed by atoms with Gasteiger partial charge in [0.05, 0.1) is 0 Å². The van der Waals surface area contributed by atoms with Crippen molar-refractivity contribution in [3.05, 3.63) is 0 Å². The summed E-state index contributed by atoms with van der Waals surface area (Å²) in [6, 6.07) is 0. The maximum Gasteiger partial charge on any atom is 0.0340 e. The van der Waals surface area contributed by atoms with Crippen molar-refractivity contribution in [2.24, 2.45) is 0 Å². The molecule has 2 rings (SSSR count). The molecule has 2 heterocycles. The van der Waals surface area contributed by atoms with Gasteiger partial charge in [-0.2, -0.15) is 35.3 Å². The third-order valence-electron chi connectivity index (χ3n) is 2.30. The molecular weight excluding hydrogens is 280 g/mol. The Morgan fingerprint density at radius 2 is 1.53 bits per heavy atom. The van der Waals surface area contributed by atoms with Crippen LogP contribution in [0.2, 0.25) is 0 Å². The lowest BCUT2D eigenvalue weighted by Gasteiger charge is -2.22. The van der Waals surface area contributed by atoms with E-state index >= 15 is 0 Å². The van der Waals surface area contributed by atoms with E-state index in [1.54, 1.807) is 0 Å². The van der Waals surface area contributed by atoms with Crippen molar-refractivity contribution in [3.8, 4) is 0 Å². The minimum Gasteiger partial charge on any atom is -0.161 e. The quantitative estimate of drug-likeness (QED) is 0.356. The van der Waals surface area contributed by atoms with E-state index in [4.69, 9.17) is 0 Å². The Labute approximate surface area is 114 Å². The highest BCUT2D eigenvalue weighted by molar-refractivity contribution is 8.79. The molecule has 0 radical (unpaired) electrons. The summed E-state index contributed by atoms with van der Waals surface area (Å²) in [6.45, 7) is 0. The zero-order chi connectivity index (χ0) is 10.3. The van der Waals surface area contributed by atoms with Crippen molar-refractivity contribution in [2.75, 3.05) is 34.5 Å². The predicted octanol–water partition coefficient (Wildman–Crippen LogP) is 4.11. The first-order valence-corrected chi connectivity index (χ1v) is 11.2. The first-order chi connectivity index (χ1) is 7.45. The van der Waals surface area contributed by atoms with Crippen LogP contribution in [0.4, 0.5) is 0 Å². The highest BCUT2D eigenvalue weighted by Gasteiger charge is 2.21. The molecule has 0 bridgehead atoms. The minimum atomic E-state index is 0.973. The van der Waals surface area contributed by atoms with Gasteiger partial charge in [-0.1, -0.05) is 21.6 Å². The van der Waals surface area contributed by atoms with Crippen molar-refractivity contribution in [2.45, 2.75) is 23.3 Å². The number of unbranched alkanes of at least 4 members (excludes halogenated alkanes) is 1. The van der Waals surface area contributed by atoms with Gasteiger partial charge in [0.1, 0.15) is 0 Å². The van der Waals surface area contributed by atoms with Crippen LogP contribution in [-0.2, 0) is 0 Å². The molecule has 0 amide bonds. The average molecular weight is 299 g/mol. The van der Waals surface area contributed by atoms with Crippen LogP contribution in [0.1, 0.15) is 12.8 Å². The van der Waals surface area contributed by atoms with Crippen LogP contribution in [0.15, 0.2) is 0 Å². The van der Waals surface area contributed by atoms with E-state index in [-0.39, 0.29) is 0 Å². The molecule has 0 aromatic carbocycles. The molecule has 0 aromatic heterocycles. The molecule has 0 spiro atoms. The molecule has 88 valence electrons. The fourth-order valence-corrected chi connectivity index (χ4v) is 6.82. The second-order valence-electron chi connectivity index (χ2n) is 3.82. The number of hydrogen-bond donors (Lipinski definition) is 0. The Morgan fingerprint density at radius 1 is 0.933 bits per heavy atom. The normalized spacial score (nSPS) is 28.8. The van der Waals surface area contributed by atoms with Gasteiger partial charge >= 0.3 is 0 Å². The zero-order valence-electron chi connectivity index (χ0n) is 8.85. The molecule has 2 saturated heterocycles. The van der Waals surface area contributed by atoms with Gasteiger partial charge in [-0.25, -0.2) is 0 Å². The van der Waals surface area contributed by atoms with Gasteiger partial charge in [0, 0.05) is 33.5 Å². The van der Waals surface area contributed by atoms with E-state index in [0.717, 1.165) is 10.5 Å². The van der Waals surface area contributed by atoms with Crippen LogP contribution in [-0.4, -0.2) is 45.0 Å². The van der Waals surface area contributed by atoms with E-state index in [2.05, 4.69) is 46.1 Å². The fourth-order valence-electron chi connectivity index (χ4n) is 1.24. The molecule has 0 aliphatic carbocycles. The SMILES string of the molecule is C(CCSCC1CSS1)CSCC1CS1. The van der Waals surface area contributed by atoms with Gasteiger partial charge in [0.15, 0.2) is 0 Å². The summed E-state index contributed by atoms with van der Waals surface area (Å²) < 4.78 is 0. The largest absolute Gasteiger partial charge is 0.161 e. The molecule has 0 N–H and O–H groups in total. The Morgan fingerprint density at radius 3 is 2.00 bits per heavy atom. The van der Waals surface area contributed by atoms with E-state index in [1.165, 1.54) is 47.4 Å². The third-order valence-corrected chi connectivity index (χ3v) is 9.24. The van der Waals surface area contributed by atoms with Gasteiger partial charge in [0.25, 0.3) is 0 Å². The molecule has 2 aliphatic rings. The number of hydrogen-bond acceptors (Lipinski definition) is 5. The Balaban J connectivity index is 1.26. The van der Waals surface area contributed by atoms with Crippen LogP contribution >= 0.6 is 56.9 Å². The predicted molar refractivity (Wildman–Crippen MR) is 84.0 cm³/mol. The van der Waals surface area contributed by atoms with Crippen LogP contribution in [0.5, 0.6) is 0 Å². The second kappa shape index (κ2) is 7.96. The van der Waals surface area contributed by atoms with Crippen molar-refractivity contribution in [1.29, 1.82) is 0 Å². The van der Waals surface area contributed by atoms with E-state index in [0.29, 0.717) is 0 Å². The van der Waals surface area contributed by atoms with E-state index < -0.39 is 0 Å². The highest BCUT2D eigenvalue weighted by atomic mass is 33.1.